The van der Waals surface area contributed by atoms with E-state index in [0.29, 0.717) is 13.2 Å². The highest BCUT2D eigenvalue weighted by Gasteiger charge is 2.19. The average Bonchev–Trinajstić information content (AvgIpc) is 3.28. The van der Waals surface area contributed by atoms with E-state index in [2.05, 4.69) is 20.4 Å². The van der Waals surface area contributed by atoms with Crippen LogP contribution in [0.15, 0.2) is 41.5 Å². The van der Waals surface area contributed by atoms with Crippen LogP contribution in [0, 0.1) is 13.8 Å². The van der Waals surface area contributed by atoms with Gasteiger partial charge in [-0.2, -0.15) is 5.10 Å². The van der Waals surface area contributed by atoms with E-state index in [-0.39, 0.29) is 6.10 Å². The summed E-state index contributed by atoms with van der Waals surface area (Å²) >= 11 is 0. The molecule has 0 aliphatic carbocycles. The second kappa shape index (κ2) is 8.64. The molecule has 0 bridgehead atoms. The summed E-state index contributed by atoms with van der Waals surface area (Å²) in [6, 6.07) is 12.0. The lowest BCUT2D eigenvalue weighted by Crippen LogP contribution is -2.41. The van der Waals surface area contributed by atoms with Gasteiger partial charge >= 0.3 is 11.8 Å². The average molecular weight is 368 g/mol. The van der Waals surface area contributed by atoms with E-state index in [1.54, 1.807) is 6.21 Å². The molecule has 1 aromatic heterocycles. The number of benzene rings is 1. The number of rotatable bonds is 5. The van der Waals surface area contributed by atoms with Crippen LogP contribution in [-0.4, -0.2) is 41.9 Å². The third kappa shape index (κ3) is 4.62. The molecule has 1 aliphatic rings. The molecule has 2 amide bonds. The molecule has 7 heteroatoms. The van der Waals surface area contributed by atoms with Crippen molar-refractivity contribution >= 4 is 18.0 Å². The lowest BCUT2D eigenvalue weighted by atomic mass is 10.2. The second-order valence-corrected chi connectivity index (χ2v) is 6.54. The van der Waals surface area contributed by atoms with E-state index in [9.17, 15) is 9.59 Å². The van der Waals surface area contributed by atoms with Crippen molar-refractivity contribution < 1.29 is 14.3 Å². The Balaban J connectivity index is 1.58. The summed E-state index contributed by atoms with van der Waals surface area (Å²) < 4.78 is 7.52. The lowest BCUT2D eigenvalue weighted by Gasteiger charge is -2.09. The zero-order chi connectivity index (χ0) is 19.2. The van der Waals surface area contributed by atoms with Crippen LogP contribution in [0.1, 0.15) is 29.8 Å². The maximum Gasteiger partial charge on any atom is 0.329 e. The van der Waals surface area contributed by atoms with E-state index in [4.69, 9.17) is 4.74 Å². The summed E-state index contributed by atoms with van der Waals surface area (Å²) in [5.74, 6) is -1.50. The Hall–Kier alpha value is -2.93. The molecule has 2 heterocycles. The van der Waals surface area contributed by atoms with Crippen molar-refractivity contribution in [1.29, 1.82) is 0 Å². The summed E-state index contributed by atoms with van der Waals surface area (Å²) in [5, 5.41) is 6.49. The number of nitrogens with one attached hydrogen (secondary N) is 2. The molecule has 3 rings (SSSR count). The highest BCUT2D eigenvalue weighted by atomic mass is 16.5. The maximum absolute atomic E-state index is 11.8. The first-order valence-corrected chi connectivity index (χ1v) is 9.03. The minimum Gasteiger partial charge on any atom is -0.376 e. The van der Waals surface area contributed by atoms with Crippen LogP contribution in [0.4, 0.5) is 0 Å². The first-order valence-electron chi connectivity index (χ1n) is 9.03. The van der Waals surface area contributed by atoms with Gasteiger partial charge in [0.05, 0.1) is 12.3 Å². The number of hydrogen-bond acceptors (Lipinski definition) is 4. The number of hydrogen-bond donors (Lipinski definition) is 2. The van der Waals surface area contributed by atoms with Crippen molar-refractivity contribution in [2.45, 2.75) is 32.8 Å². The molecular weight excluding hydrogens is 344 g/mol. The highest BCUT2D eigenvalue weighted by Crippen LogP contribution is 2.19. The number of carbonyl (C=O) groups is 2. The Morgan fingerprint density at radius 3 is 2.74 bits per heavy atom. The molecular formula is C20H24N4O3. The fourth-order valence-corrected chi connectivity index (χ4v) is 3.20. The summed E-state index contributed by atoms with van der Waals surface area (Å²) in [6.45, 7) is 5.04. The molecule has 1 fully saturated rings. The first-order chi connectivity index (χ1) is 13.1. The molecule has 142 valence electrons. The van der Waals surface area contributed by atoms with Crippen molar-refractivity contribution in [3.8, 4) is 5.69 Å². The monoisotopic (exact) mass is 368 g/mol. The zero-order valence-corrected chi connectivity index (χ0v) is 15.6. The van der Waals surface area contributed by atoms with Crippen LogP contribution in [0.25, 0.3) is 5.69 Å². The van der Waals surface area contributed by atoms with Gasteiger partial charge in [-0.15, -0.1) is 0 Å². The molecule has 0 unspecified atom stereocenters. The maximum atomic E-state index is 11.8. The number of ether oxygens (including phenoxy) is 1. The molecule has 1 aliphatic heterocycles. The van der Waals surface area contributed by atoms with E-state index < -0.39 is 11.8 Å². The molecule has 2 aromatic rings. The van der Waals surface area contributed by atoms with E-state index in [1.165, 1.54) is 0 Å². The smallest absolute Gasteiger partial charge is 0.329 e. The molecule has 2 N–H and O–H groups in total. The second-order valence-electron chi connectivity index (χ2n) is 6.54. The van der Waals surface area contributed by atoms with E-state index in [1.807, 2.05) is 50.2 Å². The summed E-state index contributed by atoms with van der Waals surface area (Å²) in [6.07, 6.45) is 3.43. The lowest BCUT2D eigenvalue weighted by molar-refractivity contribution is -0.139. The molecule has 0 radical (unpaired) electrons. The van der Waals surface area contributed by atoms with Gasteiger partial charge in [-0.05, 0) is 44.9 Å². The number of nitrogens with zero attached hydrogens (tertiary/aromatic N) is 2. The number of amides is 2. The van der Waals surface area contributed by atoms with Gasteiger partial charge in [0.2, 0.25) is 0 Å². The van der Waals surface area contributed by atoms with Gasteiger partial charge in [0.1, 0.15) is 0 Å². The van der Waals surface area contributed by atoms with E-state index >= 15 is 0 Å². The van der Waals surface area contributed by atoms with Crippen LogP contribution < -0.4 is 10.7 Å². The standard InChI is InChI=1S/C20H24N4O3/c1-14-11-16(15(2)24(14)17-7-4-3-5-8-17)12-22-23-20(26)19(25)21-13-18-9-6-10-27-18/h3-5,7-8,11-12,18H,6,9-10,13H2,1-2H3,(H,21,25)(H,23,26)/b22-12-/t18-/m1/s1. The van der Waals surface area contributed by atoms with Crippen LogP contribution in [-0.2, 0) is 14.3 Å². The van der Waals surface area contributed by atoms with Crippen molar-refractivity contribution in [1.82, 2.24) is 15.3 Å². The van der Waals surface area contributed by atoms with Crippen molar-refractivity contribution in [2.24, 2.45) is 5.10 Å². The molecule has 0 spiro atoms. The Morgan fingerprint density at radius 2 is 2.04 bits per heavy atom. The number of aromatic nitrogens is 1. The van der Waals surface area contributed by atoms with Crippen LogP contribution in [0.2, 0.25) is 0 Å². The predicted octanol–water partition coefficient (Wildman–Crippen LogP) is 1.84. The highest BCUT2D eigenvalue weighted by molar-refractivity contribution is 6.35. The van der Waals surface area contributed by atoms with Crippen molar-refractivity contribution in [3.63, 3.8) is 0 Å². The summed E-state index contributed by atoms with van der Waals surface area (Å²) in [4.78, 5) is 23.6. The third-order valence-corrected chi connectivity index (χ3v) is 4.57. The summed E-state index contributed by atoms with van der Waals surface area (Å²) in [5.41, 5.74) is 6.26. The molecule has 7 nitrogen and oxygen atoms in total. The Morgan fingerprint density at radius 1 is 1.26 bits per heavy atom. The fraction of sp³-hybridized carbons (Fsp3) is 0.350. The number of hydrazone groups is 1. The number of para-hydroxylation sites is 1. The van der Waals surface area contributed by atoms with Gasteiger partial charge in [-0.1, -0.05) is 18.2 Å². The van der Waals surface area contributed by atoms with Gasteiger partial charge in [-0.3, -0.25) is 9.59 Å². The SMILES string of the molecule is Cc1cc(/C=N\NC(=O)C(=O)NC[C@H]2CCCO2)c(C)n1-c1ccccc1. The topological polar surface area (TPSA) is 84.7 Å². The van der Waals surface area contributed by atoms with Crippen molar-refractivity contribution in [3.05, 3.63) is 53.3 Å². The Labute approximate surface area is 158 Å². The third-order valence-electron chi connectivity index (χ3n) is 4.57. The number of aryl methyl sites for hydroxylation is 1. The van der Waals surface area contributed by atoms with Gasteiger partial charge in [0.15, 0.2) is 0 Å². The molecule has 1 saturated heterocycles. The largest absolute Gasteiger partial charge is 0.376 e. The van der Waals surface area contributed by atoms with Crippen LogP contribution in [0.5, 0.6) is 0 Å². The molecule has 27 heavy (non-hydrogen) atoms. The van der Waals surface area contributed by atoms with Gasteiger partial charge in [-0.25, -0.2) is 5.43 Å². The molecule has 1 atom stereocenters. The van der Waals surface area contributed by atoms with Crippen LogP contribution >= 0.6 is 0 Å². The van der Waals surface area contributed by atoms with Gasteiger partial charge in [0, 0.05) is 35.8 Å². The predicted molar refractivity (Wildman–Crippen MR) is 103 cm³/mol. The number of carbonyl (C=O) groups excluding carboxylic acids is 2. The minimum atomic E-state index is -0.791. The minimum absolute atomic E-state index is 0.00590. The van der Waals surface area contributed by atoms with Crippen molar-refractivity contribution in [2.75, 3.05) is 13.2 Å². The summed E-state index contributed by atoms with van der Waals surface area (Å²) in [7, 11) is 0. The first kappa shape index (κ1) is 18.8. The molecule has 0 saturated carbocycles. The zero-order valence-electron chi connectivity index (χ0n) is 15.6. The quantitative estimate of drug-likeness (QED) is 0.480. The van der Waals surface area contributed by atoms with Gasteiger partial charge in [0.25, 0.3) is 0 Å². The fourth-order valence-electron chi connectivity index (χ4n) is 3.20. The Bertz CT molecular complexity index is 836. The molecule has 1 aromatic carbocycles. The Kier molecular flexibility index (Phi) is 6.03. The van der Waals surface area contributed by atoms with Crippen LogP contribution in [0.3, 0.4) is 0 Å². The van der Waals surface area contributed by atoms with Gasteiger partial charge < -0.3 is 14.6 Å². The normalized spacial score (nSPS) is 16.6. The van der Waals surface area contributed by atoms with E-state index in [0.717, 1.165) is 35.5 Å².